The Balaban J connectivity index is 0.909. The first-order valence-corrected chi connectivity index (χ1v) is 23.8. The average Bonchev–Trinajstić information content (AvgIpc) is 4.16. The van der Waals surface area contributed by atoms with Crippen LogP contribution < -0.4 is 0 Å². The van der Waals surface area contributed by atoms with E-state index in [1.165, 1.54) is 42.0 Å². The minimum absolute atomic E-state index is 0.643. The van der Waals surface area contributed by atoms with Crippen molar-refractivity contribution in [2.24, 2.45) is 0 Å². The summed E-state index contributed by atoms with van der Waals surface area (Å²) in [5.74, 6) is 0.643. The summed E-state index contributed by atoms with van der Waals surface area (Å²) >= 11 is 1.83. The molecule has 0 bridgehead atoms. The second-order valence-corrected chi connectivity index (χ2v) is 18.7. The lowest BCUT2D eigenvalue weighted by Crippen LogP contribution is -2.03. The first-order valence-electron chi connectivity index (χ1n) is 23.0. The number of thiophene rings is 1. The second-order valence-electron chi connectivity index (χ2n) is 17.7. The average molecular weight is 885 g/mol. The van der Waals surface area contributed by atoms with Crippen molar-refractivity contribution in [1.29, 1.82) is 0 Å². The summed E-state index contributed by atoms with van der Waals surface area (Å²) in [5.41, 5.74) is 14.8. The fourth-order valence-corrected chi connectivity index (χ4v) is 12.1. The van der Waals surface area contributed by atoms with Gasteiger partial charge < -0.3 is 8.98 Å². The minimum Gasteiger partial charge on any atom is -0.456 e. The van der Waals surface area contributed by atoms with Gasteiger partial charge in [-0.3, -0.25) is 4.57 Å². The highest BCUT2D eigenvalue weighted by Gasteiger charge is 2.21. The zero-order valence-corrected chi connectivity index (χ0v) is 37.2. The molecule has 6 heteroatoms. The lowest BCUT2D eigenvalue weighted by molar-refractivity contribution is 0.669. The van der Waals surface area contributed by atoms with E-state index in [1.807, 2.05) is 11.3 Å². The maximum Gasteiger partial charge on any atom is 0.235 e. The van der Waals surface area contributed by atoms with Crippen LogP contribution in [0.5, 0.6) is 0 Å². The van der Waals surface area contributed by atoms with Crippen LogP contribution in [0, 0.1) is 0 Å². The van der Waals surface area contributed by atoms with Crippen LogP contribution in [0.25, 0.3) is 142 Å². The Morgan fingerprint density at radius 1 is 0.368 bits per heavy atom. The van der Waals surface area contributed by atoms with Crippen molar-refractivity contribution in [3.63, 3.8) is 0 Å². The molecule has 68 heavy (non-hydrogen) atoms. The SMILES string of the molecule is c1ccc(-n2c3ccccc3c3cc(-c4cccc5oc6ccc(-c7ccc8c9ccccc9n(-c9nc(-c%10cccc%11c%10sc%10ccccc%10%11)c%10ccccc%10n9)c8c7)cc6c45)ccc32)cc1. The Kier molecular flexibility index (Phi) is 7.88. The molecule has 5 nitrogen and oxygen atoms in total. The predicted molar refractivity (Wildman–Crippen MR) is 285 cm³/mol. The van der Waals surface area contributed by atoms with Crippen molar-refractivity contribution in [2.75, 3.05) is 0 Å². The third-order valence-corrected chi connectivity index (χ3v) is 15.2. The summed E-state index contributed by atoms with van der Waals surface area (Å²) < 4.78 is 13.7. The quantitative estimate of drug-likeness (QED) is 0.173. The van der Waals surface area contributed by atoms with Gasteiger partial charge in [0.1, 0.15) is 11.2 Å². The van der Waals surface area contributed by atoms with Gasteiger partial charge in [-0.2, -0.15) is 0 Å². The van der Waals surface area contributed by atoms with Gasteiger partial charge in [0, 0.05) is 69.1 Å². The maximum atomic E-state index is 6.61. The summed E-state index contributed by atoms with van der Waals surface area (Å²) in [5, 5.41) is 10.5. The molecule has 0 amide bonds. The van der Waals surface area contributed by atoms with Crippen molar-refractivity contribution in [2.45, 2.75) is 0 Å². The zero-order valence-electron chi connectivity index (χ0n) is 36.4. The topological polar surface area (TPSA) is 48.8 Å². The number of hydrogen-bond donors (Lipinski definition) is 0. The van der Waals surface area contributed by atoms with Crippen LogP contribution in [0.4, 0.5) is 0 Å². The van der Waals surface area contributed by atoms with Gasteiger partial charge in [-0.15, -0.1) is 11.3 Å². The molecule has 0 spiro atoms. The van der Waals surface area contributed by atoms with E-state index in [9.17, 15) is 0 Å². The standard InChI is InChI=1S/C62H36N4OS/c1-2-14-40(15-3-1)65-52-24-9-6-17-43(52)49-35-39(29-32-54(49)65)41-20-13-26-57-59(41)50-34-37(30-33-56(50)67-57)38-28-31-44-42-16-5-10-25-53(42)66(55(44)36-38)62-63-51-23-8-4-19-47(51)60(64-62)48-22-12-21-46-45-18-7-11-27-58(45)68-61(46)48/h1-36H. The number of rotatable bonds is 5. The van der Waals surface area contributed by atoms with Crippen molar-refractivity contribution < 1.29 is 4.42 Å². The van der Waals surface area contributed by atoms with Crippen LogP contribution in [-0.4, -0.2) is 19.1 Å². The highest BCUT2D eigenvalue weighted by Crippen LogP contribution is 2.44. The Hall–Kier alpha value is -8.84. The Bertz CT molecular complexity index is 4570. The molecule has 0 N–H and O–H groups in total. The van der Waals surface area contributed by atoms with Crippen LogP contribution in [-0.2, 0) is 0 Å². The summed E-state index contributed by atoms with van der Waals surface area (Å²) in [6, 6.07) is 78.3. The van der Waals surface area contributed by atoms with Gasteiger partial charge in [0.2, 0.25) is 5.95 Å². The number of nitrogens with zero attached hydrogens (tertiary/aromatic N) is 4. The molecule has 316 valence electrons. The molecule has 0 saturated heterocycles. The van der Waals surface area contributed by atoms with E-state index in [0.29, 0.717) is 5.95 Å². The normalized spacial score (nSPS) is 12.1. The molecule has 0 saturated carbocycles. The highest BCUT2D eigenvalue weighted by atomic mass is 32.1. The molecule has 0 unspecified atom stereocenters. The summed E-state index contributed by atoms with van der Waals surface area (Å²) in [6.45, 7) is 0. The summed E-state index contributed by atoms with van der Waals surface area (Å²) in [6.07, 6.45) is 0. The smallest absolute Gasteiger partial charge is 0.235 e. The number of para-hydroxylation sites is 4. The van der Waals surface area contributed by atoms with Crippen molar-refractivity contribution in [1.82, 2.24) is 19.1 Å². The van der Waals surface area contributed by atoms with Crippen LogP contribution in [0.1, 0.15) is 0 Å². The lowest BCUT2D eigenvalue weighted by Gasteiger charge is -2.13. The van der Waals surface area contributed by atoms with Gasteiger partial charge in [-0.05, 0) is 95.1 Å². The zero-order chi connectivity index (χ0) is 44.5. The van der Waals surface area contributed by atoms with Crippen LogP contribution >= 0.6 is 11.3 Å². The molecule has 5 heterocycles. The fourth-order valence-electron chi connectivity index (χ4n) is 10.9. The molecule has 0 radical (unpaired) electrons. The molecular formula is C62H36N4OS. The molecule has 10 aromatic carbocycles. The molecule has 0 aliphatic heterocycles. The second kappa shape index (κ2) is 14.3. The van der Waals surface area contributed by atoms with E-state index >= 15 is 0 Å². The number of fused-ring (bicyclic) bond motifs is 13. The molecule has 0 aliphatic carbocycles. The summed E-state index contributed by atoms with van der Waals surface area (Å²) in [4.78, 5) is 10.9. The molecule has 0 atom stereocenters. The fraction of sp³-hybridized carbons (Fsp3) is 0. The highest BCUT2D eigenvalue weighted by molar-refractivity contribution is 7.26. The Morgan fingerprint density at radius 2 is 1.00 bits per heavy atom. The minimum atomic E-state index is 0.643. The van der Waals surface area contributed by atoms with Gasteiger partial charge >= 0.3 is 0 Å². The molecule has 5 aromatic heterocycles. The van der Waals surface area contributed by atoms with Crippen LogP contribution in [0.2, 0.25) is 0 Å². The number of furan rings is 1. The van der Waals surface area contributed by atoms with Crippen molar-refractivity contribution in [3.05, 3.63) is 218 Å². The third kappa shape index (κ3) is 5.43. The van der Waals surface area contributed by atoms with Crippen LogP contribution in [0.3, 0.4) is 0 Å². The Labute approximate surface area is 393 Å². The van der Waals surface area contributed by atoms with E-state index in [4.69, 9.17) is 14.4 Å². The van der Waals surface area contributed by atoms with E-state index in [2.05, 4.69) is 228 Å². The van der Waals surface area contributed by atoms with Gasteiger partial charge in [0.25, 0.3) is 0 Å². The largest absolute Gasteiger partial charge is 0.456 e. The van der Waals surface area contributed by atoms with E-state index in [1.54, 1.807) is 0 Å². The maximum absolute atomic E-state index is 6.61. The molecular weight excluding hydrogens is 849 g/mol. The van der Waals surface area contributed by atoms with Gasteiger partial charge in [-0.1, -0.05) is 146 Å². The number of hydrogen-bond acceptors (Lipinski definition) is 4. The van der Waals surface area contributed by atoms with Crippen molar-refractivity contribution in [3.8, 4) is 45.1 Å². The van der Waals surface area contributed by atoms with Gasteiger partial charge in [0.15, 0.2) is 0 Å². The molecule has 15 rings (SSSR count). The molecule has 0 fully saturated rings. The first kappa shape index (κ1) is 37.4. The van der Waals surface area contributed by atoms with E-state index in [0.717, 1.165) is 93.8 Å². The third-order valence-electron chi connectivity index (χ3n) is 14.0. The van der Waals surface area contributed by atoms with Gasteiger partial charge in [-0.25, -0.2) is 9.97 Å². The van der Waals surface area contributed by atoms with Crippen LogP contribution in [0.15, 0.2) is 223 Å². The van der Waals surface area contributed by atoms with E-state index in [-0.39, 0.29) is 0 Å². The van der Waals surface area contributed by atoms with Gasteiger partial charge in [0.05, 0.1) is 33.3 Å². The lowest BCUT2D eigenvalue weighted by atomic mass is 9.96. The predicted octanol–water partition coefficient (Wildman–Crippen LogP) is 17.1. The number of benzene rings is 10. The number of aromatic nitrogens is 4. The monoisotopic (exact) mass is 884 g/mol. The molecule has 0 aliphatic rings. The first-order chi connectivity index (χ1) is 33.7. The Morgan fingerprint density at radius 3 is 1.88 bits per heavy atom. The van der Waals surface area contributed by atoms with E-state index < -0.39 is 0 Å². The van der Waals surface area contributed by atoms with Crippen molar-refractivity contribution >= 4 is 108 Å². The summed E-state index contributed by atoms with van der Waals surface area (Å²) in [7, 11) is 0. The molecule has 15 aromatic rings.